The van der Waals surface area contributed by atoms with Crippen LogP contribution in [0.3, 0.4) is 0 Å². The normalized spacial score (nSPS) is 11.5. The quantitative estimate of drug-likeness (QED) is 0.551. The van der Waals surface area contributed by atoms with Gasteiger partial charge in [-0.15, -0.1) is 0 Å². The molecule has 0 fully saturated rings. The molecule has 0 saturated carbocycles. The molecule has 0 heterocycles. The van der Waals surface area contributed by atoms with E-state index in [9.17, 15) is 14.4 Å². The number of carbonyl (C=O) groups excluding carboxylic acids is 3. The molecule has 3 N–H and O–H groups in total. The molecule has 0 aromatic heterocycles. The zero-order valence-electron chi connectivity index (χ0n) is 14.3. The Bertz CT molecular complexity index is 601. The van der Waals surface area contributed by atoms with Gasteiger partial charge in [0.05, 0.1) is 13.2 Å². The maximum Gasteiger partial charge on any atom is 0.328 e. The Morgan fingerprint density at radius 3 is 2.42 bits per heavy atom. The number of nitrogens with one attached hydrogen (secondary N) is 1. The fourth-order valence-corrected chi connectivity index (χ4v) is 2.05. The van der Waals surface area contributed by atoms with Crippen molar-refractivity contribution in [2.45, 2.75) is 39.7 Å². The fourth-order valence-electron chi connectivity index (χ4n) is 2.05. The number of hydrogen-bond donors (Lipinski definition) is 2. The highest BCUT2D eigenvalue weighted by Gasteiger charge is 2.24. The molecule has 0 aliphatic heterocycles. The van der Waals surface area contributed by atoms with Gasteiger partial charge in [0.15, 0.2) is 0 Å². The van der Waals surface area contributed by atoms with Crippen molar-refractivity contribution in [1.82, 2.24) is 5.32 Å². The third kappa shape index (κ3) is 5.91. The molecule has 0 aliphatic carbocycles. The number of amides is 1. The van der Waals surface area contributed by atoms with Crippen LogP contribution in [-0.4, -0.2) is 37.1 Å². The third-order valence-electron chi connectivity index (χ3n) is 3.35. The van der Waals surface area contributed by atoms with Crippen molar-refractivity contribution in [3.05, 3.63) is 29.3 Å². The van der Waals surface area contributed by atoms with Crippen molar-refractivity contribution < 1.29 is 23.9 Å². The molecule has 1 aromatic rings. The predicted molar refractivity (Wildman–Crippen MR) is 89.3 cm³/mol. The molecule has 24 heavy (non-hydrogen) atoms. The Labute approximate surface area is 141 Å². The molecule has 132 valence electrons. The first-order chi connectivity index (χ1) is 11.4. The minimum absolute atomic E-state index is 0.0123. The van der Waals surface area contributed by atoms with Crippen molar-refractivity contribution in [2.24, 2.45) is 0 Å². The van der Waals surface area contributed by atoms with Gasteiger partial charge in [-0.2, -0.15) is 0 Å². The summed E-state index contributed by atoms with van der Waals surface area (Å²) in [4.78, 5) is 35.8. The van der Waals surface area contributed by atoms with Gasteiger partial charge in [-0.25, -0.2) is 4.79 Å². The van der Waals surface area contributed by atoms with E-state index in [2.05, 4.69) is 5.32 Å². The Balaban J connectivity index is 2.78. The lowest BCUT2D eigenvalue weighted by Crippen LogP contribution is -2.42. The van der Waals surface area contributed by atoms with E-state index in [1.807, 2.05) is 0 Å². The molecule has 1 amide bonds. The van der Waals surface area contributed by atoms with Crippen LogP contribution in [0.2, 0.25) is 0 Å². The average Bonchev–Trinajstić information content (AvgIpc) is 2.54. The monoisotopic (exact) mass is 336 g/mol. The van der Waals surface area contributed by atoms with Gasteiger partial charge in [0.25, 0.3) is 5.91 Å². The maximum absolute atomic E-state index is 12.3. The zero-order valence-corrected chi connectivity index (χ0v) is 14.3. The van der Waals surface area contributed by atoms with Crippen molar-refractivity contribution >= 4 is 23.5 Å². The van der Waals surface area contributed by atoms with E-state index in [-0.39, 0.29) is 26.1 Å². The second-order valence-electron chi connectivity index (χ2n) is 5.19. The standard InChI is InChI=1S/C17H24N2O5/c1-4-23-15(20)9-8-14(17(22)24-5-2)19-16(21)12-6-7-13(18)11(3)10-12/h6-7,10,14H,4-5,8-9,18H2,1-3H3,(H,19,21)/t14-/m1/s1. The summed E-state index contributed by atoms with van der Waals surface area (Å²) in [5, 5.41) is 2.60. The van der Waals surface area contributed by atoms with Gasteiger partial charge in [0.2, 0.25) is 0 Å². The predicted octanol–water partition coefficient (Wildman–Crippen LogP) is 1.58. The molecule has 0 unspecified atom stereocenters. The lowest BCUT2D eigenvalue weighted by atomic mass is 10.1. The smallest absolute Gasteiger partial charge is 0.328 e. The van der Waals surface area contributed by atoms with Crippen LogP contribution in [0, 0.1) is 6.92 Å². The highest BCUT2D eigenvalue weighted by atomic mass is 16.5. The fraction of sp³-hybridized carbons (Fsp3) is 0.471. The first-order valence-corrected chi connectivity index (χ1v) is 7.88. The number of ether oxygens (including phenoxy) is 2. The molecular weight excluding hydrogens is 312 g/mol. The summed E-state index contributed by atoms with van der Waals surface area (Å²) in [6.07, 6.45) is 0.121. The first-order valence-electron chi connectivity index (χ1n) is 7.88. The van der Waals surface area contributed by atoms with Crippen LogP contribution in [0.25, 0.3) is 0 Å². The molecule has 0 saturated heterocycles. The molecule has 0 radical (unpaired) electrons. The zero-order chi connectivity index (χ0) is 18.1. The Kier molecular flexibility index (Phi) is 7.74. The van der Waals surface area contributed by atoms with Crippen LogP contribution in [0.1, 0.15) is 42.6 Å². The van der Waals surface area contributed by atoms with Crippen molar-refractivity contribution in [2.75, 3.05) is 18.9 Å². The Morgan fingerprint density at radius 2 is 1.83 bits per heavy atom. The molecule has 1 aromatic carbocycles. The van der Waals surface area contributed by atoms with Crippen LogP contribution < -0.4 is 11.1 Å². The van der Waals surface area contributed by atoms with Crippen LogP contribution in [-0.2, 0) is 19.1 Å². The number of carbonyl (C=O) groups is 3. The van der Waals surface area contributed by atoms with Crippen LogP contribution in [0.5, 0.6) is 0 Å². The SMILES string of the molecule is CCOC(=O)CC[C@@H](NC(=O)c1ccc(N)c(C)c1)C(=O)OCC. The summed E-state index contributed by atoms with van der Waals surface area (Å²) in [5.41, 5.74) is 7.46. The number of esters is 2. The van der Waals surface area contributed by atoms with E-state index in [4.69, 9.17) is 15.2 Å². The second-order valence-corrected chi connectivity index (χ2v) is 5.19. The molecule has 0 bridgehead atoms. The number of hydrogen-bond acceptors (Lipinski definition) is 6. The number of nitrogen functional groups attached to an aromatic ring is 1. The van der Waals surface area contributed by atoms with Gasteiger partial charge in [0, 0.05) is 17.7 Å². The summed E-state index contributed by atoms with van der Waals surface area (Å²) in [6.45, 7) is 5.61. The highest BCUT2D eigenvalue weighted by Crippen LogP contribution is 2.13. The molecule has 0 aliphatic rings. The van der Waals surface area contributed by atoms with E-state index in [1.165, 1.54) is 0 Å². The number of aryl methyl sites for hydroxylation is 1. The van der Waals surface area contributed by atoms with E-state index in [0.29, 0.717) is 11.3 Å². The highest BCUT2D eigenvalue weighted by molar-refractivity contribution is 5.97. The minimum Gasteiger partial charge on any atom is -0.466 e. The Hall–Kier alpha value is -2.57. The van der Waals surface area contributed by atoms with Gasteiger partial charge in [-0.1, -0.05) is 0 Å². The van der Waals surface area contributed by atoms with Crippen molar-refractivity contribution in [3.63, 3.8) is 0 Å². The van der Waals surface area contributed by atoms with E-state index in [1.54, 1.807) is 39.0 Å². The topological polar surface area (TPSA) is 108 Å². The van der Waals surface area contributed by atoms with Crippen LogP contribution in [0.4, 0.5) is 5.69 Å². The van der Waals surface area contributed by atoms with Crippen LogP contribution in [0.15, 0.2) is 18.2 Å². The largest absolute Gasteiger partial charge is 0.466 e. The lowest BCUT2D eigenvalue weighted by Gasteiger charge is -2.17. The summed E-state index contributed by atoms with van der Waals surface area (Å²) in [5.74, 6) is -1.44. The number of anilines is 1. The van der Waals surface area contributed by atoms with Gasteiger partial charge < -0.3 is 20.5 Å². The van der Waals surface area contributed by atoms with Gasteiger partial charge in [-0.3, -0.25) is 9.59 Å². The van der Waals surface area contributed by atoms with Crippen molar-refractivity contribution in [3.8, 4) is 0 Å². The molecule has 1 atom stereocenters. The van der Waals surface area contributed by atoms with E-state index >= 15 is 0 Å². The van der Waals surface area contributed by atoms with E-state index in [0.717, 1.165) is 5.56 Å². The Morgan fingerprint density at radius 1 is 1.17 bits per heavy atom. The summed E-state index contributed by atoms with van der Waals surface area (Å²) in [6, 6.07) is 3.92. The second kappa shape index (κ2) is 9.54. The summed E-state index contributed by atoms with van der Waals surface area (Å²) >= 11 is 0. The summed E-state index contributed by atoms with van der Waals surface area (Å²) < 4.78 is 9.78. The molecule has 7 nitrogen and oxygen atoms in total. The van der Waals surface area contributed by atoms with E-state index < -0.39 is 23.9 Å². The molecular formula is C17H24N2O5. The van der Waals surface area contributed by atoms with Crippen LogP contribution >= 0.6 is 0 Å². The molecule has 7 heteroatoms. The minimum atomic E-state index is -0.917. The number of rotatable bonds is 8. The first kappa shape index (κ1) is 19.5. The van der Waals surface area contributed by atoms with Gasteiger partial charge >= 0.3 is 11.9 Å². The van der Waals surface area contributed by atoms with Gasteiger partial charge in [0.1, 0.15) is 6.04 Å². The number of benzene rings is 1. The maximum atomic E-state index is 12.3. The third-order valence-corrected chi connectivity index (χ3v) is 3.35. The lowest BCUT2D eigenvalue weighted by molar-refractivity contribution is -0.146. The number of nitrogens with two attached hydrogens (primary N) is 1. The molecule has 1 rings (SSSR count). The average molecular weight is 336 g/mol. The molecule has 0 spiro atoms. The van der Waals surface area contributed by atoms with Crippen molar-refractivity contribution in [1.29, 1.82) is 0 Å². The van der Waals surface area contributed by atoms with Gasteiger partial charge in [-0.05, 0) is 51.0 Å². The summed E-state index contributed by atoms with van der Waals surface area (Å²) in [7, 11) is 0.